The summed E-state index contributed by atoms with van der Waals surface area (Å²) in [6.45, 7) is 5.88. The van der Waals surface area contributed by atoms with Gasteiger partial charge in [0.05, 0.1) is 11.4 Å². The van der Waals surface area contributed by atoms with E-state index < -0.39 is 17.7 Å². The van der Waals surface area contributed by atoms with Gasteiger partial charge in [0.25, 0.3) is 0 Å². The van der Waals surface area contributed by atoms with Gasteiger partial charge in [0.2, 0.25) is 0 Å². The average molecular weight is 413 g/mol. The molecule has 8 nitrogen and oxygen atoms in total. The molecule has 1 N–H and O–H groups in total. The molecule has 156 valence electrons. The van der Waals surface area contributed by atoms with E-state index in [1.165, 1.54) is 6.07 Å². The van der Waals surface area contributed by atoms with Crippen molar-refractivity contribution in [3.63, 3.8) is 0 Å². The fourth-order valence-electron chi connectivity index (χ4n) is 3.38. The molecule has 0 bridgehead atoms. The van der Waals surface area contributed by atoms with Crippen LogP contribution in [0.3, 0.4) is 0 Å². The molecule has 0 radical (unpaired) electrons. The van der Waals surface area contributed by atoms with Gasteiger partial charge in [-0.3, -0.25) is 0 Å². The first kappa shape index (κ1) is 19.7. The van der Waals surface area contributed by atoms with Gasteiger partial charge in [0.15, 0.2) is 11.6 Å². The molecule has 0 saturated carbocycles. The SMILES string of the molecule is Cc1cc(C)n(-c2ccc(N3CCN(C(=O)Nc4ccc(F)cc4F)CC3)nn2)n1. The number of carbonyl (C=O) groups is 1. The number of piperazine rings is 1. The van der Waals surface area contributed by atoms with Crippen molar-refractivity contribution in [2.75, 3.05) is 36.4 Å². The van der Waals surface area contributed by atoms with E-state index in [0.29, 0.717) is 37.8 Å². The molecule has 3 heterocycles. The van der Waals surface area contributed by atoms with Crippen LogP contribution in [-0.2, 0) is 0 Å². The quantitative estimate of drug-likeness (QED) is 0.714. The number of hydrogen-bond acceptors (Lipinski definition) is 5. The van der Waals surface area contributed by atoms with Crippen LogP contribution in [0.25, 0.3) is 5.82 Å². The van der Waals surface area contributed by atoms with Crippen LogP contribution < -0.4 is 10.2 Å². The van der Waals surface area contributed by atoms with E-state index in [4.69, 9.17) is 0 Å². The Bertz CT molecular complexity index is 1060. The monoisotopic (exact) mass is 413 g/mol. The molecule has 30 heavy (non-hydrogen) atoms. The van der Waals surface area contributed by atoms with E-state index in [-0.39, 0.29) is 5.69 Å². The zero-order chi connectivity index (χ0) is 21.3. The summed E-state index contributed by atoms with van der Waals surface area (Å²) >= 11 is 0. The maximum atomic E-state index is 13.7. The Kier molecular flexibility index (Phi) is 5.30. The van der Waals surface area contributed by atoms with Crippen LogP contribution >= 0.6 is 0 Å². The highest BCUT2D eigenvalue weighted by atomic mass is 19.1. The van der Waals surface area contributed by atoms with Gasteiger partial charge >= 0.3 is 6.03 Å². The number of halogens is 2. The predicted molar refractivity (Wildman–Crippen MR) is 108 cm³/mol. The van der Waals surface area contributed by atoms with Crippen LogP contribution in [0, 0.1) is 25.5 Å². The van der Waals surface area contributed by atoms with Crippen molar-refractivity contribution >= 4 is 17.5 Å². The van der Waals surface area contributed by atoms with Gasteiger partial charge in [-0.2, -0.15) is 5.10 Å². The molecule has 0 unspecified atom stereocenters. The normalized spacial score (nSPS) is 14.1. The topological polar surface area (TPSA) is 79.2 Å². The number of anilines is 2. The number of aromatic nitrogens is 4. The minimum Gasteiger partial charge on any atom is -0.352 e. The molecule has 0 aliphatic carbocycles. The highest BCUT2D eigenvalue weighted by Crippen LogP contribution is 2.18. The van der Waals surface area contributed by atoms with E-state index in [1.807, 2.05) is 36.9 Å². The number of rotatable bonds is 3. The highest BCUT2D eigenvalue weighted by molar-refractivity contribution is 5.89. The van der Waals surface area contributed by atoms with E-state index >= 15 is 0 Å². The maximum absolute atomic E-state index is 13.7. The standard InChI is InChI=1S/C20H21F2N7O/c1-13-11-14(2)29(26-13)19-6-5-18(24-25-19)27-7-9-28(10-8-27)20(30)23-17-4-3-15(21)12-16(17)22/h3-6,11-12H,7-10H2,1-2H3,(H,23,30). The zero-order valence-corrected chi connectivity index (χ0v) is 16.6. The van der Waals surface area contributed by atoms with Gasteiger partial charge in [0, 0.05) is 37.9 Å². The van der Waals surface area contributed by atoms with Crippen LogP contribution in [0.2, 0.25) is 0 Å². The molecular weight excluding hydrogens is 392 g/mol. The number of hydrogen-bond donors (Lipinski definition) is 1. The lowest BCUT2D eigenvalue weighted by molar-refractivity contribution is 0.208. The lowest BCUT2D eigenvalue weighted by Gasteiger charge is -2.35. The number of amides is 2. The summed E-state index contributed by atoms with van der Waals surface area (Å²) in [4.78, 5) is 16.0. The zero-order valence-electron chi connectivity index (χ0n) is 16.6. The third-order valence-corrected chi connectivity index (χ3v) is 4.93. The van der Waals surface area contributed by atoms with Crippen molar-refractivity contribution in [2.24, 2.45) is 0 Å². The highest BCUT2D eigenvalue weighted by Gasteiger charge is 2.23. The lowest BCUT2D eigenvalue weighted by atomic mass is 10.3. The molecule has 3 aromatic rings. The Balaban J connectivity index is 1.36. The van der Waals surface area contributed by atoms with Crippen molar-refractivity contribution in [3.05, 3.63) is 59.4 Å². The summed E-state index contributed by atoms with van der Waals surface area (Å²) in [6, 6.07) is 8.33. The summed E-state index contributed by atoms with van der Waals surface area (Å²) in [5.74, 6) is -0.141. The number of aryl methyl sites for hydroxylation is 2. The van der Waals surface area contributed by atoms with E-state index in [2.05, 4.69) is 20.6 Å². The summed E-state index contributed by atoms with van der Waals surface area (Å²) in [7, 11) is 0. The molecule has 0 spiro atoms. The molecule has 1 aliphatic heterocycles. The van der Waals surface area contributed by atoms with Gasteiger partial charge < -0.3 is 15.1 Å². The van der Waals surface area contributed by atoms with Gasteiger partial charge in [-0.25, -0.2) is 18.3 Å². The van der Waals surface area contributed by atoms with Crippen molar-refractivity contribution in [1.29, 1.82) is 0 Å². The third kappa shape index (κ3) is 4.07. The van der Waals surface area contributed by atoms with E-state index in [9.17, 15) is 13.6 Å². The summed E-state index contributed by atoms with van der Waals surface area (Å²) in [6.07, 6.45) is 0. The number of urea groups is 1. The molecule has 10 heteroatoms. The minimum absolute atomic E-state index is 0.0468. The fourth-order valence-corrected chi connectivity index (χ4v) is 3.38. The summed E-state index contributed by atoms with van der Waals surface area (Å²) in [5.41, 5.74) is 1.84. The summed E-state index contributed by atoms with van der Waals surface area (Å²) < 4.78 is 28.5. The minimum atomic E-state index is -0.806. The predicted octanol–water partition coefficient (Wildman–Crippen LogP) is 2.91. The van der Waals surface area contributed by atoms with Crippen LogP contribution in [0.4, 0.5) is 25.1 Å². The second-order valence-electron chi connectivity index (χ2n) is 7.12. The molecule has 2 aromatic heterocycles. The Morgan fingerprint density at radius 2 is 1.67 bits per heavy atom. The molecule has 0 atom stereocenters. The first-order valence-electron chi connectivity index (χ1n) is 9.54. The Hall–Kier alpha value is -3.56. The first-order valence-corrected chi connectivity index (χ1v) is 9.54. The van der Waals surface area contributed by atoms with Gasteiger partial charge in [-0.1, -0.05) is 0 Å². The molecule has 1 aromatic carbocycles. The second-order valence-corrected chi connectivity index (χ2v) is 7.12. The van der Waals surface area contributed by atoms with Crippen molar-refractivity contribution in [3.8, 4) is 5.82 Å². The largest absolute Gasteiger partial charge is 0.352 e. The lowest BCUT2D eigenvalue weighted by Crippen LogP contribution is -2.50. The number of benzene rings is 1. The smallest absolute Gasteiger partial charge is 0.322 e. The number of carbonyl (C=O) groups excluding carboxylic acids is 1. The van der Waals surface area contributed by atoms with Crippen molar-refractivity contribution in [1.82, 2.24) is 24.9 Å². The van der Waals surface area contributed by atoms with Crippen LogP contribution in [0.5, 0.6) is 0 Å². The molecule has 1 saturated heterocycles. The molecule has 2 amide bonds. The van der Waals surface area contributed by atoms with Gasteiger partial charge in [-0.15, -0.1) is 10.2 Å². The Labute approximate surface area is 172 Å². The van der Waals surface area contributed by atoms with E-state index in [0.717, 1.165) is 23.5 Å². The number of nitrogens with zero attached hydrogens (tertiary/aromatic N) is 6. The van der Waals surface area contributed by atoms with Gasteiger partial charge in [-0.05, 0) is 44.2 Å². The van der Waals surface area contributed by atoms with Crippen molar-refractivity contribution in [2.45, 2.75) is 13.8 Å². The van der Waals surface area contributed by atoms with Crippen molar-refractivity contribution < 1.29 is 13.6 Å². The molecule has 1 fully saturated rings. The van der Waals surface area contributed by atoms with Crippen LogP contribution in [0.15, 0.2) is 36.4 Å². The Morgan fingerprint density at radius 1 is 0.967 bits per heavy atom. The molecule has 4 rings (SSSR count). The number of nitrogens with one attached hydrogen (secondary N) is 1. The van der Waals surface area contributed by atoms with Crippen LogP contribution in [-0.4, -0.2) is 57.1 Å². The van der Waals surface area contributed by atoms with Gasteiger partial charge in [0.1, 0.15) is 11.6 Å². The Morgan fingerprint density at radius 3 is 2.27 bits per heavy atom. The second kappa shape index (κ2) is 8.05. The molecular formula is C20H21F2N7O. The molecule has 1 aliphatic rings. The summed E-state index contributed by atoms with van der Waals surface area (Å²) in [5, 5.41) is 15.4. The van der Waals surface area contributed by atoms with E-state index in [1.54, 1.807) is 9.58 Å². The maximum Gasteiger partial charge on any atom is 0.322 e. The first-order chi connectivity index (χ1) is 14.4. The van der Waals surface area contributed by atoms with Crippen LogP contribution in [0.1, 0.15) is 11.4 Å². The average Bonchev–Trinajstić information content (AvgIpc) is 3.08. The third-order valence-electron chi connectivity index (χ3n) is 4.93. The fraction of sp³-hybridized carbons (Fsp3) is 0.300.